The maximum absolute atomic E-state index is 13.8. The van der Waals surface area contributed by atoms with Gasteiger partial charge in [0.05, 0.1) is 17.9 Å². The van der Waals surface area contributed by atoms with Gasteiger partial charge in [-0.15, -0.1) is 0 Å². The Kier molecular flexibility index (Phi) is 5.96. The predicted octanol–water partition coefficient (Wildman–Crippen LogP) is 4.39. The Morgan fingerprint density at radius 3 is 2.50 bits per heavy atom. The van der Waals surface area contributed by atoms with Gasteiger partial charge in [0, 0.05) is 17.4 Å². The second kappa shape index (κ2) is 8.77. The van der Waals surface area contributed by atoms with Gasteiger partial charge in [0.1, 0.15) is 11.6 Å². The van der Waals surface area contributed by atoms with Crippen molar-refractivity contribution in [2.24, 2.45) is 0 Å². The van der Waals surface area contributed by atoms with E-state index < -0.39 is 11.8 Å². The van der Waals surface area contributed by atoms with Crippen molar-refractivity contribution in [2.45, 2.75) is 6.92 Å². The van der Waals surface area contributed by atoms with Crippen LogP contribution in [-0.2, 0) is 4.74 Å². The quantitative estimate of drug-likeness (QED) is 0.621. The van der Waals surface area contributed by atoms with Crippen molar-refractivity contribution >= 4 is 29.1 Å². The average molecular weight is 379 g/mol. The monoisotopic (exact) mass is 379 g/mol. The van der Waals surface area contributed by atoms with Gasteiger partial charge >= 0.3 is 5.97 Å². The van der Waals surface area contributed by atoms with E-state index in [0.717, 1.165) is 0 Å². The summed E-state index contributed by atoms with van der Waals surface area (Å²) in [6.07, 6.45) is 1.46. The van der Waals surface area contributed by atoms with E-state index in [1.165, 1.54) is 18.3 Å². The van der Waals surface area contributed by atoms with Crippen molar-refractivity contribution in [1.29, 1.82) is 0 Å². The molecule has 6 nitrogen and oxygen atoms in total. The number of nitrogens with one attached hydrogen (secondary N) is 2. The molecule has 0 atom stereocenters. The van der Waals surface area contributed by atoms with Crippen molar-refractivity contribution in [3.05, 3.63) is 83.8 Å². The number of hydrogen-bond donors (Lipinski definition) is 2. The van der Waals surface area contributed by atoms with Crippen LogP contribution in [0.4, 0.5) is 21.6 Å². The van der Waals surface area contributed by atoms with Gasteiger partial charge in [-0.1, -0.05) is 12.1 Å². The summed E-state index contributed by atoms with van der Waals surface area (Å²) in [7, 11) is 0. The smallest absolute Gasteiger partial charge is 0.338 e. The second-order valence-corrected chi connectivity index (χ2v) is 5.79. The van der Waals surface area contributed by atoms with Gasteiger partial charge < -0.3 is 15.4 Å². The van der Waals surface area contributed by atoms with Crippen LogP contribution in [0.3, 0.4) is 0 Å². The Morgan fingerprint density at radius 1 is 1.04 bits per heavy atom. The average Bonchev–Trinajstić information content (AvgIpc) is 2.71. The highest BCUT2D eigenvalue weighted by molar-refractivity contribution is 6.04. The van der Waals surface area contributed by atoms with E-state index in [1.807, 2.05) is 0 Å². The Morgan fingerprint density at radius 2 is 1.79 bits per heavy atom. The first-order valence-corrected chi connectivity index (χ1v) is 8.63. The minimum Gasteiger partial charge on any atom is -0.462 e. The van der Waals surface area contributed by atoms with Crippen molar-refractivity contribution in [3.63, 3.8) is 0 Å². The van der Waals surface area contributed by atoms with Crippen LogP contribution in [0.1, 0.15) is 27.6 Å². The summed E-state index contributed by atoms with van der Waals surface area (Å²) in [5, 5.41) is 5.58. The number of nitrogens with zero attached hydrogens (tertiary/aromatic N) is 1. The van der Waals surface area contributed by atoms with E-state index >= 15 is 0 Å². The van der Waals surface area contributed by atoms with Gasteiger partial charge in [-0.25, -0.2) is 14.2 Å². The molecule has 0 aliphatic rings. The normalized spacial score (nSPS) is 10.2. The molecular weight excluding hydrogens is 361 g/mol. The van der Waals surface area contributed by atoms with Crippen molar-refractivity contribution in [1.82, 2.24) is 4.98 Å². The molecule has 3 rings (SSSR count). The van der Waals surface area contributed by atoms with E-state index in [4.69, 9.17) is 4.74 Å². The first kappa shape index (κ1) is 19.0. The molecule has 3 aromatic rings. The highest BCUT2D eigenvalue weighted by Gasteiger charge is 2.10. The highest BCUT2D eigenvalue weighted by Crippen LogP contribution is 2.19. The minimum absolute atomic E-state index is 0.266. The molecule has 0 spiro atoms. The summed E-state index contributed by atoms with van der Waals surface area (Å²) >= 11 is 0. The van der Waals surface area contributed by atoms with Crippen LogP contribution in [0, 0.1) is 5.82 Å². The number of carbonyl (C=O) groups excluding carboxylic acids is 2. The van der Waals surface area contributed by atoms with Crippen LogP contribution < -0.4 is 10.6 Å². The molecule has 0 aliphatic heterocycles. The summed E-state index contributed by atoms with van der Waals surface area (Å²) in [5.41, 5.74) is 1.55. The summed E-state index contributed by atoms with van der Waals surface area (Å²) in [6.45, 7) is 2.03. The first-order valence-electron chi connectivity index (χ1n) is 8.63. The number of amides is 1. The molecule has 2 N–H and O–H groups in total. The zero-order valence-corrected chi connectivity index (χ0v) is 15.1. The number of aromatic nitrogens is 1. The van der Waals surface area contributed by atoms with Gasteiger partial charge in [0.2, 0.25) is 0 Å². The fraction of sp³-hybridized carbons (Fsp3) is 0.0952. The fourth-order valence-electron chi connectivity index (χ4n) is 2.45. The lowest BCUT2D eigenvalue weighted by molar-refractivity contribution is 0.0526. The summed E-state index contributed by atoms with van der Waals surface area (Å²) in [4.78, 5) is 28.2. The molecule has 7 heteroatoms. The molecule has 0 unspecified atom stereocenters. The lowest BCUT2D eigenvalue weighted by atomic mass is 10.2. The molecule has 1 amide bonds. The van der Waals surface area contributed by atoms with Crippen LogP contribution in [-0.4, -0.2) is 23.5 Å². The van der Waals surface area contributed by atoms with Crippen LogP contribution in [0.2, 0.25) is 0 Å². The maximum atomic E-state index is 13.8. The van der Waals surface area contributed by atoms with Crippen LogP contribution in [0.25, 0.3) is 0 Å². The number of ether oxygens (including phenoxy) is 1. The predicted molar refractivity (Wildman–Crippen MR) is 104 cm³/mol. The van der Waals surface area contributed by atoms with Crippen LogP contribution >= 0.6 is 0 Å². The molecule has 0 aliphatic carbocycles. The number of rotatable bonds is 6. The number of para-hydroxylation sites is 1. The molecule has 0 bridgehead atoms. The SMILES string of the molecule is CCOC(=O)c1ccc(NC(=O)c2ccnc(Nc3ccccc3F)c2)cc1. The lowest BCUT2D eigenvalue weighted by Crippen LogP contribution is -2.13. The standard InChI is InChI=1S/C21H18FN3O3/c1-2-28-21(27)14-7-9-16(10-8-14)24-20(26)15-11-12-23-19(13-15)25-18-6-4-3-5-17(18)22/h3-13H,2H2,1H3,(H,23,25)(H,24,26). The third kappa shape index (κ3) is 4.70. The summed E-state index contributed by atoms with van der Waals surface area (Å²) in [6, 6.07) is 15.6. The van der Waals surface area contributed by atoms with Crippen molar-refractivity contribution in [3.8, 4) is 0 Å². The number of hydrogen-bond acceptors (Lipinski definition) is 5. The summed E-state index contributed by atoms with van der Waals surface area (Å²) < 4.78 is 18.7. The highest BCUT2D eigenvalue weighted by atomic mass is 19.1. The van der Waals surface area contributed by atoms with Crippen LogP contribution in [0.15, 0.2) is 66.9 Å². The van der Waals surface area contributed by atoms with E-state index in [-0.39, 0.29) is 11.6 Å². The largest absolute Gasteiger partial charge is 0.462 e. The number of halogens is 1. The minimum atomic E-state index is -0.418. The zero-order valence-electron chi connectivity index (χ0n) is 15.1. The Labute approximate surface area is 161 Å². The van der Waals surface area contributed by atoms with Crippen molar-refractivity contribution < 1.29 is 18.7 Å². The molecular formula is C21H18FN3O3. The summed E-state index contributed by atoms with van der Waals surface area (Å²) in [5.74, 6) is -0.850. The molecule has 0 saturated heterocycles. The molecule has 1 aromatic heterocycles. The zero-order chi connectivity index (χ0) is 19.9. The third-order valence-corrected chi connectivity index (χ3v) is 3.81. The Balaban J connectivity index is 1.69. The number of carbonyl (C=O) groups is 2. The van der Waals surface area contributed by atoms with Gasteiger partial charge in [0.15, 0.2) is 0 Å². The van der Waals surface area contributed by atoms with Crippen LogP contribution in [0.5, 0.6) is 0 Å². The number of benzene rings is 2. The molecule has 142 valence electrons. The molecule has 0 saturated carbocycles. The molecule has 2 aromatic carbocycles. The molecule has 1 heterocycles. The lowest BCUT2D eigenvalue weighted by Gasteiger charge is -2.09. The van der Waals surface area contributed by atoms with E-state index in [9.17, 15) is 14.0 Å². The molecule has 0 radical (unpaired) electrons. The van der Waals surface area contributed by atoms with E-state index in [2.05, 4.69) is 15.6 Å². The van der Waals surface area contributed by atoms with Gasteiger partial charge in [0.25, 0.3) is 5.91 Å². The third-order valence-electron chi connectivity index (χ3n) is 3.81. The van der Waals surface area contributed by atoms with E-state index in [0.29, 0.717) is 29.2 Å². The first-order chi connectivity index (χ1) is 13.6. The fourth-order valence-corrected chi connectivity index (χ4v) is 2.45. The van der Waals surface area contributed by atoms with Gasteiger partial charge in [-0.05, 0) is 55.5 Å². The Bertz CT molecular complexity index is 990. The van der Waals surface area contributed by atoms with E-state index in [1.54, 1.807) is 55.5 Å². The number of pyridine rings is 1. The number of anilines is 3. The Hall–Kier alpha value is -3.74. The molecule has 28 heavy (non-hydrogen) atoms. The van der Waals surface area contributed by atoms with Gasteiger partial charge in [-0.3, -0.25) is 4.79 Å². The number of esters is 1. The molecule has 0 fully saturated rings. The maximum Gasteiger partial charge on any atom is 0.338 e. The second-order valence-electron chi connectivity index (χ2n) is 5.79. The topological polar surface area (TPSA) is 80.3 Å². The van der Waals surface area contributed by atoms with Crippen molar-refractivity contribution in [2.75, 3.05) is 17.2 Å². The van der Waals surface area contributed by atoms with Gasteiger partial charge in [-0.2, -0.15) is 0 Å².